The van der Waals surface area contributed by atoms with Crippen molar-refractivity contribution in [2.45, 2.75) is 13.0 Å². The first kappa shape index (κ1) is 21.8. The Balaban J connectivity index is 1.76. The Morgan fingerprint density at radius 2 is 1.58 bits per heavy atom. The maximum atomic E-state index is 12.7. The van der Waals surface area contributed by atoms with Crippen LogP contribution in [0.4, 0.5) is 5.69 Å². The van der Waals surface area contributed by atoms with Gasteiger partial charge in [-0.05, 0) is 43.3 Å². The maximum absolute atomic E-state index is 12.7. The second-order valence-electron chi connectivity index (χ2n) is 6.71. The summed E-state index contributed by atoms with van der Waals surface area (Å²) in [6.07, 6.45) is 0. The van der Waals surface area contributed by atoms with Crippen molar-refractivity contribution in [3.8, 4) is 23.0 Å². The predicted molar refractivity (Wildman–Crippen MR) is 117 cm³/mol. The molecule has 3 N–H and O–H groups in total. The van der Waals surface area contributed by atoms with Crippen molar-refractivity contribution in [3.05, 3.63) is 42.1 Å². The number of carbonyl (C=O) groups excluding carboxylic acids is 2. The Morgan fingerprint density at radius 1 is 0.903 bits per heavy atom. The minimum atomic E-state index is -0.771. The molecular weight excluding hydrogens is 402 g/mol. The molecule has 2 aromatic carbocycles. The minimum absolute atomic E-state index is 0.271. The van der Waals surface area contributed by atoms with Crippen LogP contribution in [-0.4, -0.2) is 51.3 Å². The first-order valence-electron chi connectivity index (χ1n) is 9.49. The highest BCUT2D eigenvalue weighted by atomic mass is 16.5. The van der Waals surface area contributed by atoms with Gasteiger partial charge >= 0.3 is 0 Å². The highest BCUT2D eigenvalue weighted by Crippen LogP contribution is 2.43. The summed E-state index contributed by atoms with van der Waals surface area (Å²) in [5.41, 5.74) is 1.45. The Morgan fingerprint density at radius 3 is 2.16 bits per heavy atom. The van der Waals surface area contributed by atoms with Crippen LogP contribution in [-0.2, 0) is 4.79 Å². The number of H-pyrrole nitrogens is 1. The highest BCUT2D eigenvalue weighted by Gasteiger charge is 2.22. The van der Waals surface area contributed by atoms with E-state index in [2.05, 4.69) is 15.6 Å². The van der Waals surface area contributed by atoms with Crippen molar-refractivity contribution in [1.29, 1.82) is 0 Å². The first-order chi connectivity index (χ1) is 14.9. The molecule has 0 aliphatic rings. The maximum Gasteiger partial charge on any atom is 0.268 e. The third-order valence-corrected chi connectivity index (χ3v) is 4.76. The van der Waals surface area contributed by atoms with Gasteiger partial charge in [0.2, 0.25) is 11.7 Å². The largest absolute Gasteiger partial charge is 0.497 e. The number of ether oxygens (including phenoxy) is 4. The van der Waals surface area contributed by atoms with E-state index in [1.807, 2.05) is 0 Å². The standard InChI is InChI=1S/C22H25N3O6/c1-12(21(26)24-14-6-8-15(28-2)9-7-14)23-22(27)16-10-13-11-17(29-3)19(30-4)20(31-5)18(13)25-16/h6-12,25H,1-5H3,(H,23,27)(H,24,26)/t12-/m1/s1. The van der Waals surface area contributed by atoms with E-state index in [-0.39, 0.29) is 11.6 Å². The molecule has 0 fully saturated rings. The number of carbonyl (C=O) groups is 2. The number of rotatable bonds is 8. The zero-order chi connectivity index (χ0) is 22.5. The minimum Gasteiger partial charge on any atom is -0.497 e. The third kappa shape index (κ3) is 4.50. The topological polar surface area (TPSA) is 111 Å². The molecule has 9 heteroatoms. The van der Waals surface area contributed by atoms with Crippen LogP contribution < -0.4 is 29.6 Å². The third-order valence-electron chi connectivity index (χ3n) is 4.76. The van der Waals surface area contributed by atoms with Gasteiger partial charge in [0.15, 0.2) is 11.5 Å². The van der Waals surface area contributed by atoms with Gasteiger partial charge in [0.1, 0.15) is 17.5 Å². The number of hydrogen-bond acceptors (Lipinski definition) is 6. The van der Waals surface area contributed by atoms with E-state index < -0.39 is 11.9 Å². The summed E-state index contributed by atoms with van der Waals surface area (Å²) in [6.45, 7) is 1.60. The van der Waals surface area contributed by atoms with Gasteiger partial charge in [-0.25, -0.2) is 0 Å². The average Bonchev–Trinajstić information content (AvgIpc) is 3.22. The normalized spacial score (nSPS) is 11.5. The summed E-state index contributed by atoms with van der Waals surface area (Å²) in [5.74, 6) is 1.20. The average molecular weight is 427 g/mol. The summed E-state index contributed by atoms with van der Waals surface area (Å²) in [4.78, 5) is 28.2. The van der Waals surface area contributed by atoms with Crippen molar-refractivity contribution in [1.82, 2.24) is 10.3 Å². The summed E-state index contributed by atoms with van der Waals surface area (Å²) in [5, 5.41) is 6.14. The van der Waals surface area contributed by atoms with Crippen molar-refractivity contribution >= 4 is 28.4 Å². The lowest BCUT2D eigenvalue weighted by atomic mass is 10.2. The quantitative estimate of drug-likeness (QED) is 0.510. The van der Waals surface area contributed by atoms with Crippen LogP contribution in [0.15, 0.2) is 36.4 Å². The Hall–Kier alpha value is -3.88. The van der Waals surface area contributed by atoms with E-state index in [1.54, 1.807) is 50.4 Å². The molecule has 0 aliphatic carbocycles. The second kappa shape index (κ2) is 9.29. The number of aromatic amines is 1. The number of amides is 2. The number of anilines is 1. The van der Waals surface area contributed by atoms with Gasteiger partial charge in [0.05, 0.1) is 34.0 Å². The molecule has 0 saturated carbocycles. The number of fused-ring (bicyclic) bond motifs is 1. The number of benzene rings is 2. The van der Waals surface area contributed by atoms with Crippen LogP contribution >= 0.6 is 0 Å². The van der Waals surface area contributed by atoms with E-state index in [4.69, 9.17) is 18.9 Å². The zero-order valence-electron chi connectivity index (χ0n) is 18.0. The molecule has 0 unspecified atom stereocenters. The molecule has 9 nitrogen and oxygen atoms in total. The summed E-state index contributed by atoms with van der Waals surface area (Å²) in [7, 11) is 6.10. The lowest BCUT2D eigenvalue weighted by molar-refractivity contribution is -0.117. The molecule has 1 aromatic heterocycles. The lowest BCUT2D eigenvalue weighted by Gasteiger charge is -2.14. The molecule has 164 valence electrons. The summed E-state index contributed by atoms with van der Waals surface area (Å²) < 4.78 is 21.3. The Bertz CT molecular complexity index is 1090. The van der Waals surface area contributed by atoms with E-state index in [9.17, 15) is 9.59 Å². The number of nitrogens with one attached hydrogen (secondary N) is 3. The molecule has 0 bridgehead atoms. The zero-order valence-corrected chi connectivity index (χ0v) is 18.0. The van der Waals surface area contributed by atoms with Crippen molar-refractivity contribution in [2.75, 3.05) is 33.8 Å². The summed E-state index contributed by atoms with van der Waals surface area (Å²) in [6, 6.07) is 9.53. The van der Waals surface area contributed by atoms with E-state index >= 15 is 0 Å². The van der Waals surface area contributed by atoms with E-state index in [0.717, 1.165) is 0 Å². The van der Waals surface area contributed by atoms with Gasteiger partial charge in [-0.1, -0.05) is 0 Å². The first-order valence-corrected chi connectivity index (χ1v) is 9.49. The van der Waals surface area contributed by atoms with Crippen molar-refractivity contribution in [3.63, 3.8) is 0 Å². The fraction of sp³-hybridized carbons (Fsp3) is 0.273. The van der Waals surface area contributed by atoms with E-state index in [0.29, 0.717) is 39.6 Å². The summed E-state index contributed by atoms with van der Waals surface area (Å²) >= 11 is 0. The fourth-order valence-corrected chi connectivity index (χ4v) is 3.13. The van der Waals surface area contributed by atoms with Crippen molar-refractivity contribution in [2.24, 2.45) is 0 Å². The van der Waals surface area contributed by atoms with Gasteiger partial charge in [-0.3, -0.25) is 9.59 Å². The monoisotopic (exact) mass is 427 g/mol. The van der Waals surface area contributed by atoms with Gasteiger partial charge in [0.25, 0.3) is 5.91 Å². The number of aromatic nitrogens is 1. The predicted octanol–water partition coefficient (Wildman–Crippen LogP) is 2.96. The van der Waals surface area contributed by atoms with Crippen LogP contribution in [0.3, 0.4) is 0 Å². The molecule has 31 heavy (non-hydrogen) atoms. The molecule has 1 heterocycles. The van der Waals surface area contributed by atoms with Crippen LogP contribution in [0.2, 0.25) is 0 Å². The van der Waals surface area contributed by atoms with E-state index in [1.165, 1.54) is 21.3 Å². The van der Waals surface area contributed by atoms with Crippen LogP contribution in [0.25, 0.3) is 10.9 Å². The van der Waals surface area contributed by atoms with Crippen molar-refractivity contribution < 1.29 is 28.5 Å². The smallest absolute Gasteiger partial charge is 0.268 e. The van der Waals surface area contributed by atoms with Gasteiger partial charge in [-0.15, -0.1) is 0 Å². The Labute approximate surface area is 179 Å². The Kier molecular flexibility index (Phi) is 6.54. The molecule has 0 radical (unpaired) electrons. The molecule has 1 atom stereocenters. The van der Waals surface area contributed by atoms with Crippen LogP contribution in [0.1, 0.15) is 17.4 Å². The highest BCUT2D eigenvalue weighted by molar-refractivity contribution is 6.03. The fourth-order valence-electron chi connectivity index (χ4n) is 3.13. The molecule has 0 saturated heterocycles. The van der Waals surface area contributed by atoms with Gasteiger partial charge in [-0.2, -0.15) is 0 Å². The lowest BCUT2D eigenvalue weighted by Crippen LogP contribution is -2.41. The number of methoxy groups -OCH3 is 4. The second-order valence-corrected chi connectivity index (χ2v) is 6.71. The molecular formula is C22H25N3O6. The van der Waals surface area contributed by atoms with Gasteiger partial charge in [0, 0.05) is 11.1 Å². The molecule has 0 spiro atoms. The number of hydrogen-bond donors (Lipinski definition) is 3. The SMILES string of the molecule is COc1ccc(NC(=O)[C@@H](C)NC(=O)c2cc3cc(OC)c(OC)c(OC)c3[nH]2)cc1. The van der Waals surface area contributed by atoms with Crippen LogP contribution in [0, 0.1) is 0 Å². The van der Waals surface area contributed by atoms with Crippen LogP contribution in [0.5, 0.6) is 23.0 Å². The van der Waals surface area contributed by atoms with Gasteiger partial charge < -0.3 is 34.6 Å². The molecule has 3 aromatic rings. The molecule has 2 amide bonds. The molecule has 0 aliphatic heterocycles. The molecule has 3 rings (SSSR count).